The summed E-state index contributed by atoms with van der Waals surface area (Å²) < 4.78 is 34.5. The molecule has 0 bridgehead atoms. The SMILES string of the molecule is CC/C=C\C/C=C\C/C=C\C/C=C\CCCCCCCCCCCCCCCCCCCCCCCCC(=O)NC(COC1OC(CO)C(OC2OC(CO)C(OC3OC(CO)C(O)C(O)C3O)C(O)C2O)C(O)C1O)C(O)/C=C/CCCCCCCCCCCCCCCCCCCCC. The fourth-order valence-electron chi connectivity index (χ4n) is 13.8. The lowest BCUT2D eigenvalue weighted by molar-refractivity contribution is -0.379. The van der Waals surface area contributed by atoms with E-state index in [0.29, 0.717) is 6.42 Å². The van der Waals surface area contributed by atoms with Gasteiger partial charge in [-0.2, -0.15) is 0 Å². The molecule has 3 fully saturated rings. The van der Waals surface area contributed by atoms with Crippen LogP contribution < -0.4 is 5.32 Å². The van der Waals surface area contributed by atoms with Gasteiger partial charge in [0.05, 0.1) is 38.6 Å². The molecule has 590 valence electrons. The van der Waals surface area contributed by atoms with Crippen molar-refractivity contribution in [2.75, 3.05) is 26.4 Å². The van der Waals surface area contributed by atoms with E-state index in [-0.39, 0.29) is 18.9 Å². The first-order valence-corrected chi connectivity index (χ1v) is 41.0. The Kier molecular flexibility index (Phi) is 57.4. The molecule has 0 saturated carbocycles. The lowest BCUT2D eigenvalue weighted by atomic mass is 9.96. The second-order valence-electron chi connectivity index (χ2n) is 29.2. The van der Waals surface area contributed by atoms with E-state index in [0.717, 1.165) is 70.6 Å². The number of rotatable bonds is 65. The van der Waals surface area contributed by atoms with Gasteiger partial charge in [0.1, 0.15) is 73.2 Å². The van der Waals surface area contributed by atoms with Crippen LogP contribution in [0.15, 0.2) is 60.8 Å². The van der Waals surface area contributed by atoms with E-state index in [9.17, 15) is 61.0 Å². The van der Waals surface area contributed by atoms with E-state index in [4.69, 9.17) is 28.4 Å². The van der Waals surface area contributed by atoms with E-state index in [2.05, 4.69) is 67.8 Å². The fraction of sp³-hybridized carbons (Fsp3) is 0.866. The minimum absolute atomic E-state index is 0.246. The number of allylic oxidation sites excluding steroid dienone is 9. The Hall–Kier alpha value is -2.51. The summed E-state index contributed by atoms with van der Waals surface area (Å²) in [6.45, 7) is 1.67. The Morgan fingerprint density at radius 1 is 0.366 bits per heavy atom. The summed E-state index contributed by atoms with van der Waals surface area (Å²) in [7, 11) is 0. The molecule has 0 aromatic rings. The number of hydrogen-bond acceptors (Lipinski definition) is 18. The monoisotopic (exact) mass is 1440 g/mol. The van der Waals surface area contributed by atoms with Crippen LogP contribution >= 0.6 is 0 Å². The van der Waals surface area contributed by atoms with E-state index < -0.39 is 124 Å². The van der Waals surface area contributed by atoms with Gasteiger partial charge in [0.25, 0.3) is 0 Å². The zero-order valence-corrected chi connectivity index (χ0v) is 63.1. The van der Waals surface area contributed by atoms with Crippen molar-refractivity contribution in [1.29, 1.82) is 0 Å². The minimum atomic E-state index is -1.98. The second-order valence-corrected chi connectivity index (χ2v) is 29.2. The third-order valence-electron chi connectivity index (χ3n) is 20.3. The van der Waals surface area contributed by atoms with Gasteiger partial charge >= 0.3 is 0 Å². The van der Waals surface area contributed by atoms with Crippen LogP contribution in [-0.4, -0.2) is 193 Å². The maximum absolute atomic E-state index is 13.5. The summed E-state index contributed by atoms with van der Waals surface area (Å²) in [6.07, 6.45) is 53.5. The third kappa shape index (κ3) is 42.6. The quantitative estimate of drug-likeness (QED) is 0.0199. The highest BCUT2D eigenvalue weighted by Gasteiger charge is 2.54. The number of hydrogen-bond donors (Lipinski definition) is 12. The van der Waals surface area contributed by atoms with Crippen molar-refractivity contribution in [2.24, 2.45) is 0 Å². The predicted molar refractivity (Wildman–Crippen MR) is 402 cm³/mol. The summed E-state index contributed by atoms with van der Waals surface area (Å²) >= 11 is 0. The van der Waals surface area contributed by atoms with Crippen LogP contribution in [0, 0.1) is 0 Å². The van der Waals surface area contributed by atoms with Gasteiger partial charge in [-0.15, -0.1) is 0 Å². The normalized spacial score (nSPS) is 26.6. The van der Waals surface area contributed by atoms with Crippen molar-refractivity contribution in [3.63, 3.8) is 0 Å². The molecule has 19 nitrogen and oxygen atoms in total. The number of aliphatic hydroxyl groups excluding tert-OH is 11. The maximum atomic E-state index is 13.5. The van der Waals surface area contributed by atoms with Crippen molar-refractivity contribution in [2.45, 2.75) is 426 Å². The first-order valence-electron chi connectivity index (χ1n) is 41.0. The molecule has 0 spiro atoms. The predicted octanol–water partition coefficient (Wildman–Crippen LogP) is 13.8. The summed E-state index contributed by atoms with van der Waals surface area (Å²) in [5, 5.41) is 121. The van der Waals surface area contributed by atoms with Crippen LogP contribution in [-0.2, 0) is 33.2 Å². The van der Waals surface area contributed by atoms with Crippen LogP contribution in [0.5, 0.6) is 0 Å². The van der Waals surface area contributed by atoms with Gasteiger partial charge in [-0.3, -0.25) is 4.79 Å². The fourth-order valence-corrected chi connectivity index (χ4v) is 13.8. The molecular weight excluding hydrogens is 1290 g/mol. The van der Waals surface area contributed by atoms with Crippen LogP contribution in [0.3, 0.4) is 0 Å². The smallest absolute Gasteiger partial charge is 0.220 e. The number of carbonyl (C=O) groups is 1. The molecule has 0 aliphatic carbocycles. The zero-order chi connectivity index (χ0) is 73.2. The molecule has 17 atom stereocenters. The summed E-state index contributed by atoms with van der Waals surface area (Å²) in [5.41, 5.74) is 0. The van der Waals surface area contributed by atoms with Crippen molar-refractivity contribution in [3.8, 4) is 0 Å². The molecule has 3 saturated heterocycles. The number of amides is 1. The molecule has 3 rings (SSSR count). The highest BCUT2D eigenvalue weighted by atomic mass is 16.8. The molecule has 1 amide bonds. The Labute approximate surface area is 611 Å². The van der Waals surface area contributed by atoms with Crippen molar-refractivity contribution in [3.05, 3.63) is 60.8 Å². The minimum Gasteiger partial charge on any atom is -0.394 e. The average Bonchev–Trinajstić information content (AvgIpc) is 0.782. The maximum Gasteiger partial charge on any atom is 0.220 e. The Morgan fingerprint density at radius 2 is 0.683 bits per heavy atom. The van der Waals surface area contributed by atoms with E-state index in [1.54, 1.807) is 6.08 Å². The van der Waals surface area contributed by atoms with Crippen LogP contribution in [0.1, 0.15) is 322 Å². The molecule has 12 N–H and O–H groups in total. The van der Waals surface area contributed by atoms with E-state index in [1.165, 1.54) is 225 Å². The van der Waals surface area contributed by atoms with E-state index >= 15 is 0 Å². The van der Waals surface area contributed by atoms with Gasteiger partial charge in [-0.1, -0.05) is 319 Å². The lowest BCUT2D eigenvalue weighted by Crippen LogP contribution is -2.66. The Bertz CT molecular complexity index is 2060. The molecule has 17 unspecified atom stereocenters. The van der Waals surface area contributed by atoms with Gasteiger partial charge in [0.15, 0.2) is 18.9 Å². The molecular formula is C82H149NO18. The highest BCUT2D eigenvalue weighted by molar-refractivity contribution is 5.76. The van der Waals surface area contributed by atoms with Crippen LogP contribution in [0.25, 0.3) is 0 Å². The molecule has 0 radical (unpaired) electrons. The van der Waals surface area contributed by atoms with Crippen LogP contribution in [0.4, 0.5) is 0 Å². The molecule has 3 aliphatic heterocycles. The van der Waals surface area contributed by atoms with Gasteiger partial charge in [-0.25, -0.2) is 0 Å². The summed E-state index contributed by atoms with van der Waals surface area (Å²) in [5.74, 6) is -0.270. The molecule has 0 aromatic carbocycles. The van der Waals surface area contributed by atoms with Crippen LogP contribution in [0.2, 0.25) is 0 Å². The molecule has 0 aromatic heterocycles. The van der Waals surface area contributed by atoms with Crippen molar-refractivity contribution in [1.82, 2.24) is 5.32 Å². The topological polar surface area (TPSA) is 307 Å². The van der Waals surface area contributed by atoms with Gasteiger partial charge < -0.3 is 89.9 Å². The molecule has 19 heteroatoms. The first-order chi connectivity index (χ1) is 49.3. The zero-order valence-electron chi connectivity index (χ0n) is 63.1. The highest BCUT2D eigenvalue weighted by Crippen LogP contribution is 2.33. The third-order valence-corrected chi connectivity index (χ3v) is 20.3. The van der Waals surface area contributed by atoms with Gasteiger partial charge in [-0.05, 0) is 57.8 Å². The average molecular weight is 1440 g/mol. The lowest BCUT2D eigenvalue weighted by Gasteiger charge is -2.48. The summed E-state index contributed by atoms with van der Waals surface area (Å²) in [4.78, 5) is 13.5. The number of carbonyl (C=O) groups excluding carboxylic acids is 1. The van der Waals surface area contributed by atoms with Gasteiger partial charge in [0.2, 0.25) is 5.91 Å². The Balaban J connectivity index is 1.34. The summed E-state index contributed by atoms with van der Waals surface area (Å²) in [6, 6.07) is -0.974. The largest absolute Gasteiger partial charge is 0.394 e. The Morgan fingerprint density at radius 3 is 1.07 bits per heavy atom. The first kappa shape index (κ1) is 92.7. The van der Waals surface area contributed by atoms with Gasteiger partial charge in [0, 0.05) is 6.42 Å². The molecule has 3 heterocycles. The molecule has 101 heavy (non-hydrogen) atoms. The number of aliphatic hydroxyl groups is 11. The standard InChI is InChI=1S/C82H149NO18/c1-3-5-7-9-11-13-15-17-19-21-23-25-26-27-28-29-30-31-32-33-34-35-36-37-38-40-42-44-46-48-50-52-54-56-58-60-70(88)83-65(66(87)59-57-55-53-51-49-47-45-43-41-39-24-22-20-18-16-14-12-10-8-6-4-2)64-96-80-76(94)73(91)78(68(62-85)98-80)101-82-77(95)74(92)79(69(63-86)99-82)100-81-75(93)72(90)71(89)67(61-84)97-81/h5,7,11,13,17,19,23,25,57,59,65-69,71-82,84-87,89-95H,3-4,6,8-10,12,14-16,18,20-22,24,26-56,58,60-64H2,1-2H3,(H,83,88)/b7-5-,13-11-,19-17-,25-23-,59-57+. The number of ether oxygens (including phenoxy) is 6. The molecule has 3 aliphatic rings. The van der Waals surface area contributed by atoms with E-state index in [1.807, 2.05) is 6.08 Å². The van der Waals surface area contributed by atoms with Crippen molar-refractivity contribution < 1.29 is 89.4 Å². The van der Waals surface area contributed by atoms with Crippen molar-refractivity contribution >= 4 is 5.91 Å². The number of nitrogens with one attached hydrogen (secondary N) is 1. The number of unbranched alkanes of at least 4 members (excludes halogenated alkanes) is 41. The second kappa shape index (κ2) is 62.5.